The Hall–Kier alpha value is -2.18. The third-order valence-corrected chi connectivity index (χ3v) is 10.5. The van der Waals surface area contributed by atoms with E-state index >= 15 is 0 Å². The van der Waals surface area contributed by atoms with E-state index in [1.165, 1.54) is 48.4 Å². The van der Waals surface area contributed by atoms with Crippen molar-refractivity contribution in [2.24, 2.45) is 17.8 Å². The first-order valence-corrected chi connectivity index (χ1v) is 13.9. The van der Waals surface area contributed by atoms with Crippen molar-refractivity contribution < 1.29 is 13.2 Å². The SMILES string of the molecule is O=C(Nc1ccc(C23CC4CC(CC(C4)C2)C3)cc1)c1ccc(S(=O)(=O)N2CCCC2)cc1. The molecular formula is C27H32N2O3S. The first-order valence-electron chi connectivity index (χ1n) is 12.4. The maximum absolute atomic E-state index is 12.8. The van der Waals surface area contributed by atoms with E-state index in [0.29, 0.717) is 24.1 Å². The van der Waals surface area contributed by atoms with E-state index in [1.54, 1.807) is 24.3 Å². The zero-order valence-corrected chi connectivity index (χ0v) is 19.8. The van der Waals surface area contributed by atoms with E-state index in [-0.39, 0.29) is 10.8 Å². The van der Waals surface area contributed by atoms with Crippen LogP contribution in [0, 0.1) is 17.8 Å². The topological polar surface area (TPSA) is 66.5 Å². The lowest BCUT2D eigenvalue weighted by Gasteiger charge is -2.57. The number of nitrogens with zero attached hydrogens (tertiary/aromatic N) is 1. The van der Waals surface area contributed by atoms with Gasteiger partial charge in [0.15, 0.2) is 0 Å². The van der Waals surface area contributed by atoms with Gasteiger partial charge in [-0.05, 0) is 116 Å². The summed E-state index contributed by atoms with van der Waals surface area (Å²) in [5.41, 5.74) is 3.03. The number of benzene rings is 2. The predicted octanol–water partition coefficient (Wildman–Crippen LogP) is 5.19. The van der Waals surface area contributed by atoms with E-state index in [1.807, 2.05) is 12.1 Å². The lowest BCUT2D eigenvalue weighted by Crippen LogP contribution is -2.48. The second-order valence-corrected chi connectivity index (χ2v) is 12.8. The van der Waals surface area contributed by atoms with Gasteiger partial charge in [-0.1, -0.05) is 12.1 Å². The van der Waals surface area contributed by atoms with Crippen LogP contribution in [0.5, 0.6) is 0 Å². The van der Waals surface area contributed by atoms with Gasteiger partial charge in [0.2, 0.25) is 10.0 Å². The number of rotatable bonds is 5. The van der Waals surface area contributed by atoms with Gasteiger partial charge in [0.25, 0.3) is 5.91 Å². The molecule has 33 heavy (non-hydrogen) atoms. The minimum atomic E-state index is -3.46. The molecule has 1 N–H and O–H groups in total. The molecule has 1 aliphatic heterocycles. The van der Waals surface area contributed by atoms with E-state index in [9.17, 15) is 13.2 Å². The molecule has 1 saturated heterocycles. The van der Waals surface area contributed by atoms with Gasteiger partial charge in [0, 0.05) is 24.3 Å². The van der Waals surface area contributed by atoms with E-state index < -0.39 is 10.0 Å². The molecule has 4 bridgehead atoms. The highest BCUT2D eigenvalue weighted by Gasteiger charge is 2.51. The van der Waals surface area contributed by atoms with Crippen LogP contribution in [0.15, 0.2) is 53.4 Å². The van der Waals surface area contributed by atoms with Gasteiger partial charge >= 0.3 is 0 Å². The average molecular weight is 465 g/mol. The van der Waals surface area contributed by atoms with E-state index in [0.717, 1.165) is 36.3 Å². The molecule has 0 unspecified atom stereocenters. The van der Waals surface area contributed by atoms with Crippen LogP contribution in [0.3, 0.4) is 0 Å². The molecule has 0 spiro atoms. The molecule has 6 heteroatoms. The van der Waals surface area contributed by atoms with Crippen LogP contribution in [-0.2, 0) is 15.4 Å². The Balaban J connectivity index is 1.14. The van der Waals surface area contributed by atoms with E-state index in [2.05, 4.69) is 17.4 Å². The summed E-state index contributed by atoms with van der Waals surface area (Å²) in [6.45, 7) is 1.15. The monoisotopic (exact) mass is 464 g/mol. The van der Waals surface area contributed by atoms with Crippen LogP contribution < -0.4 is 5.32 Å². The fourth-order valence-corrected chi connectivity index (χ4v) is 8.95. The van der Waals surface area contributed by atoms with Crippen LogP contribution in [0.2, 0.25) is 0 Å². The van der Waals surface area contributed by atoms with Gasteiger partial charge in [-0.25, -0.2) is 8.42 Å². The highest BCUT2D eigenvalue weighted by atomic mass is 32.2. The molecule has 5 aliphatic rings. The van der Waals surface area contributed by atoms with Crippen molar-refractivity contribution in [3.05, 3.63) is 59.7 Å². The van der Waals surface area contributed by atoms with Crippen molar-refractivity contribution in [2.75, 3.05) is 18.4 Å². The van der Waals surface area contributed by atoms with Crippen molar-refractivity contribution in [3.63, 3.8) is 0 Å². The molecule has 4 aliphatic carbocycles. The van der Waals surface area contributed by atoms with Gasteiger partial charge in [-0.2, -0.15) is 4.31 Å². The Morgan fingerprint density at radius 1 is 0.818 bits per heavy atom. The van der Waals surface area contributed by atoms with Crippen molar-refractivity contribution in [1.82, 2.24) is 4.31 Å². The number of anilines is 1. The minimum absolute atomic E-state index is 0.220. The molecule has 7 rings (SSSR count). The number of carbonyl (C=O) groups is 1. The van der Waals surface area contributed by atoms with Gasteiger partial charge in [-0.15, -0.1) is 0 Å². The quantitative estimate of drug-likeness (QED) is 0.662. The Morgan fingerprint density at radius 2 is 1.36 bits per heavy atom. The van der Waals surface area contributed by atoms with E-state index in [4.69, 9.17) is 0 Å². The zero-order chi connectivity index (χ0) is 22.6. The van der Waals surface area contributed by atoms with Crippen molar-refractivity contribution >= 4 is 21.6 Å². The Labute approximate surface area is 196 Å². The van der Waals surface area contributed by atoms with Crippen molar-refractivity contribution in [1.29, 1.82) is 0 Å². The third-order valence-electron chi connectivity index (χ3n) is 8.61. The van der Waals surface area contributed by atoms with Gasteiger partial charge in [0.05, 0.1) is 4.90 Å². The fourth-order valence-electron chi connectivity index (χ4n) is 7.43. The summed E-state index contributed by atoms with van der Waals surface area (Å²) < 4.78 is 26.9. The second kappa shape index (κ2) is 7.95. The average Bonchev–Trinajstić information content (AvgIpc) is 3.35. The van der Waals surface area contributed by atoms with Crippen LogP contribution in [-0.4, -0.2) is 31.7 Å². The summed E-state index contributed by atoms with van der Waals surface area (Å²) >= 11 is 0. The number of hydrogen-bond acceptors (Lipinski definition) is 3. The Bertz CT molecular complexity index is 1110. The molecule has 0 aromatic heterocycles. The second-order valence-electron chi connectivity index (χ2n) is 10.9. The zero-order valence-electron chi connectivity index (χ0n) is 19.0. The third kappa shape index (κ3) is 3.81. The summed E-state index contributed by atoms with van der Waals surface area (Å²) in [4.78, 5) is 13.0. The van der Waals surface area contributed by atoms with Gasteiger partial charge in [0.1, 0.15) is 0 Å². The molecule has 0 radical (unpaired) electrons. The highest BCUT2D eigenvalue weighted by Crippen LogP contribution is 2.60. The first kappa shape index (κ1) is 21.4. The first-order chi connectivity index (χ1) is 15.9. The molecular weight excluding hydrogens is 432 g/mol. The number of nitrogens with one attached hydrogen (secondary N) is 1. The highest BCUT2D eigenvalue weighted by molar-refractivity contribution is 7.89. The molecule has 174 valence electrons. The predicted molar refractivity (Wildman–Crippen MR) is 129 cm³/mol. The summed E-state index contributed by atoms with van der Waals surface area (Å²) in [7, 11) is -3.46. The summed E-state index contributed by atoms with van der Waals surface area (Å²) in [6, 6.07) is 14.8. The number of carbonyl (C=O) groups excluding carboxylic acids is 1. The molecule has 1 heterocycles. The summed E-state index contributed by atoms with van der Waals surface area (Å²) in [5, 5.41) is 2.97. The summed E-state index contributed by atoms with van der Waals surface area (Å²) in [5.74, 6) is 2.51. The Morgan fingerprint density at radius 3 is 1.91 bits per heavy atom. The van der Waals surface area contributed by atoms with Crippen molar-refractivity contribution in [2.45, 2.75) is 61.7 Å². The fraction of sp³-hybridized carbons (Fsp3) is 0.519. The molecule has 2 aromatic rings. The number of hydrogen-bond donors (Lipinski definition) is 1. The normalized spacial score (nSPS) is 31.1. The van der Waals surface area contributed by atoms with Gasteiger partial charge < -0.3 is 5.32 Å². The maximum atomic E-state index is 12.8. The molecule has 1 amide bonds. The lowest BCUT2D eigenvalue weighted by atomic mass is 9.48. The van der Waals surface area contributed by atoms with Crippen LogP contribution in [0.4, 0.5) is 5.69 Å². The van der Waals surface area contributed by atoms with Crippen LogP contribution >= 0.6 is 0 Å². The minimum Gasteiger partial charge on any atom is -0.322 e. The van der Waals surface area contributed by atoms with Gasteiger partial charge in [-0.3, -0.25) is 4.79 Å². The Kier molecular flexibility index (Phi) is 5.15. The standard InChI is InChI=1S/C27H32N2O3S/c30-26(22-3-9-25(10-4-22)33(31,32)29-11-1-2-12-29)28-24-7-5-23(6-8-24)27-16-19-13-20(17-27)15-21(14-19)18-27/h3-10,19-21H,1-2,11-18H2,(H,28,30). The lowest BCUT2D eigenvalue weighted by molar-refractivity contribution is -0.00518. The number of amides is 1. The number of sulfonamides is 1. The molecule has 0 atom stereocenters. The summed E-state index contributed by atoms with van der Waals surface area (Å²) in [6.07, 6.45) is 10.1. The van der Waals surface area contributed by atoms with Crippen LogP contribution in [0.25, 0.3) is 0 Å². The molecule has 5 nitrogen and oxygen atoms in total. The van der Waals surface area contributed by atoms with Crippen molar-refractivity contribution in [3.8, 4) is 0 Å². The van der Waals surface area contributed by atoms with Crippen LogP contribution in [0.1, 0.15) is 67.3 Å². The molecule has 4 saturated carbocycles. The maximum Gasteiger partial charge on any atom is 0.255 e. The largest absolute Gasteiger partial charge is 0.322 e. The smallest absolute Gasteiger partial charge is 0.255 e. The molecule has 2 aromatic carbocycles. The molecule has 5 fully saturated rings.